The number of carbonyl (C=O) groups excluding carboxylic acids is 1. The van der Waals surface area contributed by atoms with Gasteiger partial charge in [0.25, 0.3) is 0 Å². The van der Waals surface area contributed by atoms with E-state index in [0.717, 1.165) is 5.69 Å². The zero-order chi connectivity index (χ0) is 15.5. The summed E-state index contributed by atoms with van der Waals surface area (Å²) in [6.07, 6.45) is 1.32. The number of aliphatic hydroxyl groups is 1. The lowest BCUT2D eigenvalue weighted by Gasteiger charge is -2.20. The van der Waals surface area contributed by atoms with E-state index in [4.69, 9.17) is 4.74 Å². The molecule has 1 fully saturated rings. The van der Waals surface area contributed by atoms with Crippen molar-refractivity contribution in [2.45, 2.75) is 51.7 Å². The van der Waals surface area contributed by atoms with Crippen LogP contribution < -0.4 is 4.74 Å². The highest BCUT2D eigenvalue weighted by atomic mass is 16.5. The second-order valence-corrected chi connectivity index (χ2v) is 6.46. The van der Waals surface area contributed by atoms with Crippen LogP contribution in [0.1, 0.15) is 39.3 Å². The summed E-state index contributed by atoms with van der Waals surface area (Å²) < 4.78 is 5.72. The van der Waals surface area contributed by atoms with Crippen molar-refractivity contribution < 1.29 is 14.6 Å². The van der Waals surface area contributed by atoms with E-state index in [1.165, 1.54) is 0 Å². The minimum absolute atomic E-state index is 0.0792. The fraction of sp³-hybridized carbons (Fsp3) is 0.625. The standard InChI is InChI=1S/C16H24N2O3/c1-16(2,3)21-14-6-4-5-12(17-14)7-8-15(20)18-10-9-13(19)11-18/h4-6,13,19H,7-11H2,1-3H3/t13-/m1/s1. The Kier molecular flexibility index (Phi) is 4.83. The van der Waals surface area contributed by atoms with Gasteiger partial charge in [-0.2, -0.15) is 0 Å². The first kappa shape index (κ1) is 15.8. The van der Waals surface area contributed by atoms with Crippen LogP contribution in [-0.2, 0) is 11.2 Å². The number of aromatic nitrogens is 1. The van der Waals surface area contributed by atoms with E-state index in [0.29, 0.717) is 38.2 Å². The van der Waals surface area contributed by atoms with Crippen molar-refractivity contribution in [1.29, 1.82) is 0 Å². The van der Waals surface area contributed by atoms with Gasteiger partial charge in [-0.15, -0.1) is 0 Å². The third kappa shape index (κ3) is 5.01. The van der Waals surface area contributed by atoms with Gasteiger partial charge in [0.05, 0.1) is 6.10 Å². The number of likely N-dealkylation sites (tertiary alicyclic amines) is 1. The minimum atomic E-state index is -0.365. The van der Waals surface area contributed by atoms with Gasteiger partial charge in [0.2, 0.25) is 11.8 Å². The number of β-amino-alcohol motifs (C(OH)–C–C–N with tert-alkyl or cyclic N) is 1. The number of carbonyl (C=O) groups is 1. The van der Waals surface area contributed by atoms with Crippen LogP contribution in [-0.4, -0.2) is 45.7 Å². The van der Waals surface area contributed by atoms with Gasteiger partial charge in [-0.25, -0.2) is 4.98 Å². The molecule has 0 aromatic carbocycles. The maximum Gasteiger partial charge on any atom is 0.223 e. The predicted molar refractivity (Wildman–Crippen MR) is 80.1 cm³/mol. The lowest BCUT2D eigenvalue weighted by molar-refractivity contribution is -0.130. The Bertz CT molecular complexity index is 497. The molecule has 1 atom stereocenters. The van der Waals surface area contributed by atoms with E-state index in [-0.39, 0.29) is 17.6 Å². The van der Waals surface area contributed by atoms with Crippen molar-refractivity contribution >= 4 is 5.91 Å². The highest BCUT2D eigenvalue weighted by molar-refractivity contribution is 5.76. The first-order valence-corrected chi connectivity index (χ1v) is 7.44. The molecule has 2 heterocycles. The maximum absolute atomic E-state index is 12.0. The first-order chi connectivity index (χ1) is 9.83. The zero-order valence-electron chi connectivity index (χ0n) is 13.0. The second-order valence-electron chi connectivity index (χ2n) is 6.46. The summed E-state index contributed by atoms with van der Waals surface area (Å²) in [6, 6.07) is 5.63. The average molecular weight is 292 g/mol. The van der Waals surface area contributed by atoms with Crippen LogP contribution in [0.15, 0.2) is 18.2 Å². The molecule has 2 rings (SSSR count). The third-order valence-corrected chi connectivity index (χ3v) is 3.30. The van der Waals surface area contributed by atoms with Crippen LogP contribution in [0.25, 0.3) is 0 Å². The normalized spacial score (nSPS) is 18.9. The van der Waals surface area contributed by atoms with Crippen LogP contribution in [0.3, 0.4) is 0 Å². The molecule has 0 radical (unpaired) electrons. The smallest absolute Gasteiger partial charge is 0.223 e. The molecule has 1 N–H and O–H groups in total. The van der Waals surface area contributed by atoms with Gasteiger partial charge in [-0.05, 0) is 39.7 Å². The quantitative estimate of drug-likeness (QED) is 0.919. The number of pyridine rings is 1. The molecule has 0 spiro atoms. The fourth-order valence-electron chi connectivity index (χ4n) is 2.33. The topological polar surface area (TPSA) is 62.7 Å². The Morgan fingerprint density at radius 3 is 2.86 bits per heavy atom. The summed E-state index contributed by atoms with van der Waals surface area (Å²) in [5.41, 5.74) is 0.567. The number of nitrogens with zero attached hydrogens (tertiary/aromatic N) is 2. The van der Waals surface area contributed by atoms with Crippen LogP contribution in [0.2, 0.25) is 0 Å². The molecule has 0 saturated carbocycles. The number of aliphatic hydroxyl groups excluding tert-OH is 1. The number of hydrogen-bond donors (Lipinski definition) is 1. The molecule has 1 aromatic heterocycles. The molecule has 1 aromatic rings. The summed E-state index contributed by atoms with van der Waals surface area (Å²) in [5.74, 6) is 0.666. The minimum Gasteiger partial charge on any atom is -0.472 e. The van der Waals surface area contributed by atoms with Gasteiger partial charge in [0.1, 0.15) is 5.60 Å². The Balaban J connectivity index is 1.88. The lowest BCUT2D eigenvalue weighted by Crippen LogP contribution is -2.29. The molecule has 1 amide bonds. The molecule has 5 nitrogen and oxygen atoms in total. The van der Waals surface area contributed by atoms with Gasteiger partial charge >= 0.3 is 0 Å². The van der Waals surface area contributed by atoms with Crippen molar-refractivity contribution in [3.63, 3.8) is 0 Å². The number of hydrogen-bond acceptors (Lipinski definition) is 4. The van der Waals surface area contributed by atoms with E-state index < -0.39 is 0 Å². The molecule has 1 aliphatic rings. The number of rotatable bonds is 4. The van der Waals surface area contributed by atoms with Crippen molar-refractivity contribution in [3.05, 3.63) is 23.9 Å². The van der Waals surface area contributed by atoms with Gasteiger partial charge < -0.3 is 14.7 Å². The SMILES string of the molecule is CC(C)(C)Oc1cccc(CCC(=O)N2CC[C@@H](O)C2)n1. The Hall–Kier alpha value is -1.62. The third-order valence-electron chi connectivity index (χ3n) is 3.30. The number of amides is 1. The summed E-state index contributed by atoms with van der Waals surface area (Å²) in [4.78, 5) is 18.2. The summed E-state index contributed by atoms with van der Waals surface area (Å²) >= 11 is 0. The van der Waals surface area contributed by atoms with Crippen LogP contribution in [0, 0.1) is 0 Å². The highest BCUT2D eigenvalue weighted by Gasteiger charge is 2.24. The average Bonchev–Trinajstić information content (AvgIpc) is 2.81. The summed E-state index contributed by atoms with van der Waals surface area (Å²) in [6.45, 7) is 7.04. The van der Waals surface area contributed by atoms with Crippen LogP contribution >= 0.6 is 0 Å². The van der Waals surface area contributed by atoms with Crippen molar-refractivity contribution in [2.24, 2.45) is 0 Å². The van der Waals surface area contributed by atoms with Crippen molar-refractivity contribution in [3.8, 4) is 5.88 Å². The van der Waals surface area contributed by atoms with E-state index in [1.807, 2.05) is 39.0 Å². The van der Waals surface area contributed by atoms with Gasteiger partial charge in [0.15, 0.2) is 0 Å². The fourth-order valence-corrected chi connectivity index (χ4v) is 2.33. The predicted octanol–water partition coefficient (Wildman–Crippen LogP) is 1.78. The molecule has 1 saturated heterocycles. The van der Waals surface area contributed by atoms with E-state index in [2.05, 4.69) is 4.98 Å². The van der Waals surface area contributed by atoms with Crippen LogP contribution in [0.5, 0.6) is 5.88 Å². The van der Waals surface area contributed by atoms with Gasteiger partial charge in [0, 0.05) is 31.3 Å². The van der Waals surface area contributed by atoms with E-state index in [9.17, 15) is 9.90 Å². The maximum atomic E-state index is 12.0. The Morgan fingerprint density at radius 1 is 1.48 bits per heavy atom. The largest absolute Gasteiger partial charge is 0.472 e. The molecular formula is C16H24N2O3. The van der Waals surface area contributed by atoms with Crippen LogP contribution in [0.4, 0.5) is 0 Å². The summed E-state index contributed by atoms with van der Waals surface area (Å²) in [7, 11) is 0. The molecule has 0 unspecified atom stereocenters. The highest BCUT2D eigenvalue weighted by Crippen LogP contribution is 2.17. The Labute approximate surface area is 125 Å². The zero-order valence-corrected chi connectivity index (χ0v) is 13.0. The molecule has 1 aliphatic heterocycles. The molecule has 0 bridgehead atoms. The molecule has 21 heavy (non-hydrogen) atoms. The second kappa shape index (κ2) is 6.43. The van der Waals surface area contributed by atoms with Gasteiger partial charge in [-0.1, -0.05) is 6.07 Å². The summed E-state index contributed by atoms with van der Waals surface area (Å²) in [5, 5.41) is 9.46. The molecular weight excluding hydrogens is 268 g/mol. The lowest BCUT2D eigenvalue weighted by atomic mass is 10.2. The van der Waals surface area contributed by atoms with E-state index in [1.54, 1.807) is 4.90 Å². The molecule has 116 valence electrons. The Morgan fingerprint density at radius 2 is 2.24 bits per heavy atom. The van der Waals surface area contributed by atoms with Gasteiger partial charge in [-0.3, -0.25) is 4.79 Å². The van der Waals surface area contributed by atoms with Crippen molar-refractivity contribution in [2.75, 3.05) is 13.1 Å². The molecule has 5 heteroatoms. The number of ether oxygens (including phenoxy) is 1. The van der Waals surface area contributed by atoms with Crippen molar-refractivity contribution in [1.82, 2.24) is 9.88 Å². The van der Waals surface area contributed by atoms with E-state index >= 15 is 0 Å². The molecule has 0 aliphatic carbocycles. The first-order valence-electron chi connectivity index (χ1n) is 7.44. The number of aryl methyl sites for hydroxylation is 1. The monoisotopic (exact) mass is 292 g/mol.